The fraction of sp³-hybridized carbons (Fsp3) is 0.125. The molecule has 0 aliphatic carbocycles. The van der Waals surface area contributed by atoms with Crippen LogP contribution in [-0.4, -0.2) is 26.7 Å². The summed E-state index contributed by atoms with van der Waals surface area (Å²) in [7, 11) is 0. The molecule has 0 bridgehead atoms. The molecule has 5 nitrogen and oxygen atoms in total. The highest BCUT2D eigenvalue weighted by Crippen LogP contribution is 2.40. The molecular formula is C24H19FN2O3. The van der Waals surface area contributed by atoms with Crippen molar-refractivity contribution in [1.82, 2.24) is 9.88 Å². The minimum Gasteiger partial charge on any atom is -0.507 e. The van der Waals surface area contributed by atoms with Crippen LogP contribution < -0.4 is 0 Å². The van der Waals surface area contributed by atoms with Gasteiger partial charge in [0.2, 0.25) is 0 Å². The molecule has 1 saturated heterocycles. The van der Waals surface area contributed by atoms with Gasteiger partial charge in [-0.05, 0) is 36.2 Å². The van der Waals surface area contributed by atoms with E-state index in [4.69, 9.17) is 0 Å². The number of likely N-dealkylation sites (tertiary alicyclic amines) is 1. The molecule has 1 aromatic heterocycles. The molecule has 2 heterocycles. The van der Waals surface area contributed by atoms with Gasteiger partial charge in [0, 0.05) is 24.5 Å². The van der Waals surface area contributed by atoms with Crippen LogP contribution in [0.25, 0.3) is 5.76 Å². The number of pyridine rings is 1. The summed E-state index contributed by atoms with van der Waals surface area (Å²) in [6.07, 6.45) is 3.21. The molecule has 0 saturated carbocycles. The van der Waals surface area contributed by atoms with Crippen molar-refractivity contribution in [2.24, 2.45) is 0 Å². The van der Waals surface area contributed by atoms with E-state index in [9.17, 15) is 19.1 Å². The van der Waals surface area contributed by atoms with Gasteiger partial charge in [0.15, 0.2) is 0 Å². The van der Waals surface area contributed by atoms with E-state index in [1.807, 2.05) is 6.92 Å². The summed E-state index contributed by atoms with van der Waals surface area (Å²) >= 11 is 0. The number of ketones is 1. The molecular weight excluding hydrogens is 383 g/mol. The molecule has 150 valence electrons. The summed E-state index contributed by atoms with van der Waals surface area (Å²) in [4.78, 5) is 31.2. The monoisotopic (exact) mass is 402 g/mol. The molecule has 2 aromatic carbocycles. The zero-order valence-corrected chi connectivity index (χ0v) is 16.2. The average Bonchev–Trinajstić information content (AvgIpc) is 2.99. The van der Waals surface area contributed by atoms with E-state index in [0.717, 1.165) is 11.1 Å². The van der Waals surface area contributed by atoms with Gasteiger partial charge in [-0.15, -0.1) is 0 Å². The molecule has 3 aromatic rings. The second-order valence-electron chi connectivity index (χ2n) is 7.21. The summed E-state index contributed by atoms with van der Waals surface area (Å²) in [6, 6.07) is 15.3. The number of aryl methyl sites for hydroxylation is 1. The zero-order valence-electron chi connectivity index (χ0n) is 16.2. The van der Waals surface area contributed by atoms with Crippen molar-refractivity contribution < 1.29 is 19.1 Å². The number of rotatable bonds is 4. The number of aromatic nitrogens is 1. The maximum absolute atomic E-state index is 14.0. The van der Waals surface area contributed by atoms with Crippen LogP contribution in [0.2, 0.25) is 0 Å². The highest BCUT2D eigenvalue weighted by Gasteiger charge is 2.46. The molecule has 1 amide bonds. The van der Waals surface area contributed by atoms with Crippen LogP contribution in [0.3, 0.4) is 0 Å². The third-order valence-electron chi connectivity index (χ3n) is 5.11. The van der Waals surface area contributed by atoms with Gasteiger partial charge in [-0.3, -0.25) is 14.6 Å². The number of hydrogen-bond acceptors (Lipinski definition) is 4. The number of amides is 1. The number of carbonyl (C=O) groups excluding carboxylic acids is 2. The Hall–Kier alpha value is -3.80. The summed E-state index contributed by atoms with van der Waals surface area (Å²) < 4.78 is 14.0. The molecule has 1 N–H and O–H groups in total. The molecule has 0 radical (unpaired) electrons. The Labute approximate surface area is 173 Å². The number of aliphatic hydroxyl groups excluding tert-OH is 1. The SMILES string of the molecule is Cc1ccc(C(O)=C2C(=O)C(=O)N(Cc3cccnc3)[C@@H]2c2cccc(F)c2)cc1. The van der Waals surface area contributed by atoms with Crippen molar-refractivity contribution in [3.8, 4) is 0 Å². The fourth-order valence-corrected chi connectivity index (χ4v) is 3.62. The first-order chi connectivity index (χ1) is 14.5. The molecule has 4 rings (SSSR count). The predicted octanol–water partition coefficient (Wildman–Crippen LogP) is 4.15. The third-order valence-corrected chi connectivity index (χ3v) is 5.11. The number of aliphatic hydroxyl groups is 1. The van der Waals surface area contributed by atoms with Gasteiger partial charge < -0.3 is 10.0 Å². The first kappa shape index (κ1) is 19.5. The van der Waals surface area contributed by atoms with E-state index in [1.165, 1.54) is 23.1 Å². The van der Waals surface area contributed by atoms with Crippen LogP contribution in [0.1, 0.15) is 28.3 Å². The highest BCUT2D eigenvalue weighted by molar-refractivity contribution is 6.46. The van der Waals surface area contributed by atoms with Gasteiger partial charge in [-0.1, -0.05) is 48.0 Å². The smallest absolute Gasteiger partial charge is 0.295 e. The van der Waals surface area contributed by atoms with E-state index in [-0.39, 0.29) is 17.9 Å². The minimum absolute atomic E-state index is 0.0571. The number of nitrogens with zero attached hydrogens (tertiary/aromatic N) is 2. The summed E-state index contributed by atoms with van der Waals surface area (Å²) in [6.45, 7) is 2.01. The lowest BCUT2D eigenvalue weighted by Crippen LogP contribution is -2.29. The summed E-state index contributed by atoms with van der Waals surface area (Å²) in [5, 5.41) is 11.0. The van der Waals surface area contributed by atoms with Crippen molar-refractivity contribution in [2.45, 2.75) is 19.5 Å². The molecule has 0 spiro atoms. The van der Waals surface area contributed by atoms with Gasteiger partial charge in [-0.2, -0.15) is 0 Å². The van der Waals surface area contributed by atoms with Crippen LogP contribution in [0.4, 0.5) is 4.39 Å². The van der Waals surface area contributed by atoms with Gasteiger partial charge in [0.1, 0.15) is 11.6 Å². The number of benzene rings is 2. The maximum Gasteiger partial charge on any atom is 0.295 e. The molecule has 1 fully saturated rings. The van der Waals surface area contributed by atoms with E-state index in [0.29, 0.717) is 11.1 Å². The topological polar surface area (TPSA) is 70.5 Å². The van der Waals surface area contributed by atoms with Crippen molar-refractivity contribution in [3.05, 3.63) is 107 Å². The standard InChI is InChI=1S/C24H19FN2O3/c1-15-7-9-17(10-8-15)22(28)20-21(18-5-2-6-19(25)12-18)27(24(30)23(20)29)14-16-4-3-11-26-13-16/h2-13,21,28H,14H2,1H3/t21-/m1/s1. The lowest BCUT2D eigenvalue weighted by molar-refractivity contribution is -0.140. The molecule has 6 heteroatoms. The Bertz CT molecular complexity index is 1140. The Kier molecular flexibility index (Phi) is 5.14. The first-order valence-electron chi connectivity index (χ1n) is 9.45. The lowest BCUT2D eigenvalue weighted by Gasteiger charge is -2.25. The summed E-state index contributed by atoms with van der Waals surface area (Å²) in [5.41, 5.74) is 2.48. The van der Waals surface area contributed by atoms with Gasteiger partial charge in [-0.25, -0.2) is 4.39 Å². The molecule has 30 heavy (non-hydrogen) atoms. The van der Waals surface area contributed by atoms with Gasteiger partial charge in [0.25, 0.3) is 11.7 Å². The van der Waals surface area contributed by atoms with Crippen LogP contribution in [0.5, 0.6) is 0 Å². The fourth-order valence-electron chi connectivity index (χ4n) is 3.62. The van der Waals surface area contributed by atoms with E-state index < -0.39 is 23.5 Å². The third kappa shape index (κ3) is 3.59. The summed E-state index contributed by atoms with van der Waals surface area (Å²) in [5.74, 6) is -2.32. The van der Waals surface area contributed by atoms with Gasteiger partial charge >= 0.3 is 0 Å². The number of carbonyl (C=O) groups is 2. The second kappa shape index (κ2) is 7.91. The van der Waals surface area contributed by atoms with Crippen molar-refractivity contribution in [2.75, 3.05) is 0 Å². The molecule has 0 unspecified atom stereocenters. The quantitative estimate of drug-likeness (QED) is 0.404. The van der Waals surface area contributed by atoms with Crippen LogP contribution in [-0.2, 0) is 16.1 Å². The zero-order chi connectivity index (χ0) is 21.3. The molecule has 1 atom stereocenters. The van der Waals surface area contributed by atoms with E-state index in [2.05, 4.69) is 4.98 Å². The lowest BCUT2D eigenvalue weighted by atomic mass is 9.95. The molecule has 1 aliphatic rings. The van der Waals surface area contributed by atoms with Crippen LogP contribution >= 0.6 is 0 Å². The largest absolute Gasteiger partial charge is 0.507 e. The Morgan fingerprint density at radius 3 is 2.53 bits per heavy atom. The average molecular weight is 402 g/mol. The predicted molar refractivity (Wildman–Crippen MR) is 110 cm³/mol. The Morgan fingerprint density at radius 2 is 1.87 bits per heavy atom. The van der Waals surface area contributed by atoms with E-state index in [1.54, 1.807) is 54.9 Å². The van der Waals surface area contributed by atoms with Crippen molar-refractivity contribution in [1.29, 1.82) is 0 Å². The Morgan fingerprint density at radius 1 is 1.10 bits per heavy atom. The normalized spacial score (nSPS) is 18.1. The highest BCUT2D eigenvalue weighted by atomic mass is 19.1. The molecule has 1 aliphatic heterocycles. The van der Waals surface area contributed by atoms with Crippen LogP contribution in [0.15, 0.2) is 78.6 Å². The van der Waals surface area contributed by atoms with E-state index >= 15 is 0 Å². The van der Waals surface area contributed by atoms with Gasteiger partial charge in [0.05, 0.1) is 11.6 Å². The number of Topliss-reactive ketones (excluding diaryl/α,β-unsaturated/α-hetero) is 1. The minimum atomic E-state index is -0.915. The first-order valence-corrected chi connectivity index (χ1v) is 9.45. The van der Waals surface area contributed by atoms with Crippen molar-refractivity contribution >= 4 is 17.4 Å². The number of hydrogen-bond donors (Lipinski definition) is 1. The maximum atomic E-state index is 14.0. The second-order valence-corrected chi connectivity index (χ2v) is 7.21. The number of halogens is 1. The van der Waals surface area contributed by atoms with Crippen LogP contribution in [0, 0.1) is 12.7 Å². The Balaban J connectivity index is 1.87. The van der Waals surface area contributed by atoms with Crippen molar-refractivity contribution in [3.63, 3.8) is 0 Å².